The first kappa shape index (κ1) is 24.8. The van der Waals surface area contributed by atoms with E-state index in [1.165, 1.54) is 11.1 Å². The Hall–Kier alpha value is -3.84. The molecule has 1 aliphatic rings. The van der Waals surface area contributed by atoms with Gasteiger partial charge in [0.25, 0.3) is 5.91 Å². The molecule has 0 N–H and O–H groups in total. The molecule has 1 unspecified atom stereocenters. The topological polar surface area (TPSA) is 81.9 Å². The number of hydrogen-bond acceptors (Lipinski definition) is 6. The van der Waals surface area contributed by atoms with Crippen LogP contribution in [0.1, 0.15) is 58.6 Å². The van der Waals surface area contributed by atoms with Crippen LogP contribution < -0.4 is 19.8 Å². The normalized spacial score (nSPS) is 14.8. The molecule has 1 aliphatic heterocycles. The second kappa shape index (κ2) is 9.90. The zero-order chi connectivity index (χ0) is 26.3. The maximum Gasteiger partial charge on any atom is 0.296 e. The van der Waals surface area contributed by atoms with Crippen molar-refractivity contribution in [3.63, 3.8) is 0 Å². The lowest BCUT2D eigenvalue weighted by Gasteiger charge is -2.25. The van der Waals surface area contributed by atoms with Gasteiger partial charge in [-0.3, -0.25) is 14.5 Å². The largest absolute Gasteiger partial charge is 0.493 e. The Labute approximate surface area is 219 Å². The predicted molar refractivity (Wildman–Crippen MR) is 143 cm³/mol. The number of aromatic nitrogens is 1. The van der Waals surface area contributed by atoms with Crippen molar-refractivity contribution in [2.45, 2.75) is 39.7 Å². The highest BCUT2D eigenvalue weighted by Crippen LogP contribution is 2.43. The number of halogens is 1. The third kappa shape index (κ3) is 4.33. The number of amides is 1. The number of anilines is 1. The lowest BCUT2D eigenvalue weighted by Crippen LogP contribution is -2.30. The number of hydrogen-bond donors (Lipinski definition) is 0. The molecule has 2 aromatic heterocycles. The maximum absolute atomic E-state index is 13.9. The second-order valence-electron chi connectivity index (χ2n) is 9.13. The van der Waals surface area contributed by atoms with Gasteiger partial charge in [0.2, 0.25) is 5.76 Å². The molecule has 0 fully saturated rings. The van der Waals surface area contributed by atoms with Crippen LogP contribution in [0.3, 0.4) is 0 Å². The highest BCUT2D eigenvalue weighted by Gasteiger charge is 2.44. The van der Waals surface area contributed by atoms with Gasteiger partial charge in [-0.25, -0.2) is 4.98 Å². The number of ether oxygens (including phenoxy) is 2. The Morgan fingerprint density at radius 3 is 2.54 bits per heavy atom. The van der Waals surface area contributed by atoms with Gasteiger partial charge in [0.05, 0.1) is 35.7 Å². The van der Waals surface area contributed by atoms with E-state index in [0.29, 0.717) is 45.5 Å². The molecule has 3 heterocycles. The van der Waals surface area contributed by atoms with Crippen LogP contribution in [0.2, 0.25) is 5.02 Å². The van der Waals surface area contributed by atoms with Crippen molar-refractivity contribution in [3.05, 3.63) is 91.9 Å². The molecule has 0 radical (unpaired) electrons. The first-order valence-electron chi connectivity index (χ1n) is 12.2. The van der Waals surface area contributed by atoms with Gasteiger partial charge in [0, 0.05) is 6.20 Å². The quantitative estimate of drug-likeness (QED) is 0.263. The van der Waals surface area contributed by atoms with E-state index in [4.69, 9.17) is 25.5 Å². The molecular weight excluding hydrogens is 492 g/mol. The molecule has 1 atom stereocenters. The van der Waals surface area contributed by atoms with Crippen LogP contribution >= 0.6 is 11.6 Å². The Kier molecular flexibility index (Phi) is 6.65. The number of carbonyl (C=O) groups excluding carboxylic acids is 1. The number of rotatable bonds is 7. The van der Waals surface area contributed by atoms with Gasteiger partial charge in [-0.1, -0.05) is 31.0 Å². The zero-order valence-corrected chi connectivity index (χ0v) is 21.9. The monoisotopic (exact) mass is 518 g/mol. The van der Waals surface area contributed by atoms with Crippen LogP contribution in [0.15, 0.2) is 57.9 Å². The van der Waals surface area contributed by atoms with E-state index in [-0.39, 0.29) is 16.8 Å². The number of fused-ring (bicyclic) bond motifs is 2. The molecule has 0 saturated heterocycles. The molecule has 8 heteroatoms. The van der Waals surface area contributed by atoms with E-state index in [1.807, 2.05) is 26.0 Å². The number of aryl methyl sites for hydroxylation is 2. The fourth-order valence-electron chi connectivity index (χ4n) is 4.59. The highest BCUT2D eigenvalue weighted by molar-refractivity contribution is 6.30. The molecule has 0 spiro atoms. The van der Waals surface area contributed by atoms with Gasteiger partial charge in [-0.05, 0) is 73.4 Å². The summed E-state index contributed by atoms with van der Waals surface area (Å²) in [6.45, 7) is 6.53. The molecular formula is C29H27ClN2O5. The van der Waals surface area contributed by atoms with E-state index in [9.17, 15) is 9.59 Å². The van der Waals surface area contributed by atoms with Gasteiger partial charge < -0.3 is 13.9 Å². The fraction of sp³-hybridized carbons (Fsp3) is 0.276. The minimum atomic E-state index is -0.781. The van der Waals surface area contributed by atoms with Crippen LogP contribution in [0.25, 0.3) is 11.0 Å². The fourth-order valence-corrected chi connectivity index (χ4v) is 4.70. The van der Waals surface area contributed by atoms with Crippen LogP contribution in [-0.4, -0.2) is 24.6 Å². The number of nitrogens with zero attached hydrogens (tertiary/aromatic N) is 2. The SMILES string of the molecule is CCCCOc1ccc(C2c3c(oc4cc(C)c(C)cc4c3=O)C(=O)N2c2ccc(Cl)cn2)cc1OC. The summed E-state index contributed by atoms with van der Waals surface area (Å²) in [5.74, 6) is 1.01. The number of benzene rings is 2. The molecule has 5 rings (SSSR count). The summed E-state index contributed by atoms with van der Waals surface area (Å²) in [7, 11) is 1.56. The molecule has 2 aromatic carbocycles. The predicted octanol–water partition coefficient (Wildman–Crippen LogP) is 6.40. The molecule has 7 nitrogen and oxygen atoms in total. The Morgan fingerprint density at radius 1 is 1.05 bits per heavy atom. The van der Waals surface area contributed by atoms with E-state index >= 15 is 0 Å². The van der Waals surface area contributed by atoms with Crippen LogP contribution in [0, 0.1) is 13.8 Å². The Bertz CT molecular complexity index is 1560. The summed E-state index contributed by atoms with van der Waals surface area (Å²) < 4.78 is 17.6. The molecule has 0 bridgehead atoms. The summed E-state index contributed by atoms with van der Waals surface area (Å²) in [4.78, 5) is 33.5. The summed E-state index contributed by atoms with van der Waals surface area (Å²) in [6, 6.07) is 11.6. The number of carbonyl (C=O) groups is 1. The van der Waals surface area contributed by atoms with E-state index in [2.05, 4.69) is 11.9 Å². The Morgan fingerprint density at radius 2 is 1.84 bits per heavy atom. The van der Waals surface area contributed by atoms with E-state index < -0.39 is 11.9 Å². The summed E-state index contributed by atoms with van der Waals surface area (Å²) >= 11 is 6.07. The second-order valence-corrected chi connectivity index (χ2v) is 9.57. The Balaban J connectivity index is 1.72. The van der Waals surface area contributed by atoms with Crippen LogP contribution in [0.4, 0.5) is 5.82 Å². The van der Waals surface area contributed by atoms with Crippen molar-refractivity contribution in [2.75, 3.05) is 18.6 Å². The van der Waals surface area contributed by atoms with Crippen molar-refractivity contribution in [2.24, 2.45) is 0 Å². The molecule has 0 saturated carbocycles. The van der Waals surface area contributed by atoms with E-state index in [0.717, 1.165) is 24.0 Å². The average Bonchev–Trinajstić information content (AvgIpc) is 3.18. The lowest BCUT2D eigenvalue weighted by atomic mass is 9.97. The van der Waals surface area contributed by atoms with Crippen LogP contribution in [-0.2, 0) is 0 Å². The minimum Gasteiger partial charge on any atom is -0.493 e. The number of methoxy groups -OCH3 is 1. The standard InChI is InChI=1S/C29H27ClN2O5/c1-5-6-11-36-21-9-7-18(14-23(21)35-4)26-25-27(33)20-12-16(2)17(3)13-22(20)37-28(25)29(34)32(26)24-10-8-19(30)15-31-24/h7-10,12-15,26H,5-6,11H2,1-4H3. The zero-order valence-electron chi connectivity index (χ0n) is 21.1. The number of pyridine rings is 1. The first-order chi connectivity index (χ1) is 17.8. The molecule has 4 aromatic rings. The van der Waals surface area contributed by atoms with Gasteiger partial charge in [0.15, 0.2) is 16.9 Å². The van der Waals surface area contributed by atoms with Crippen LogP contribution in [0.5, 0.6) is 11.5 Å². The molecule has 190 valence electrons. The lowest BCUT2D eigenvalue weighted by molar-refractivity contribution is 0.0970. The minimum absolute atomic E-state index is 0.00439. The van der Waals surface area contributed by atoms with Crippen molar-refractivity contribution < 1.29 is 18.7 Å². The smallest absolute Gasteiger partial charge is 0.296 e. The van der Waals surface area contributed by atoms with Crippen molar-refractivity contribution >= 4 is 34.3 Å². The molecule has 1 amide bonds. The van der Waals surface area contributed by atoms with Gasteiger partial charge >= 0.3 is 0 Å². The van der Waals surface area contributed by atoms with Crippen molar-refractivity contribution in [1.29, 1.82) is 0 Å². The third-order valence-corrected chi connectivity index (χ3v) is 6.93. The first-order valence-corrected chi connectivity index (χ1v) is 12.6. The van der Waals surface area contributed by atoms with Gasteiger partial charge in [0.1, 0.15) is 11.4 Å². The van der Waals surface area contributed by atoms with E-state index in [1.54, 1.807) is 37.4 Å². The van der Waals surface area contributed by atoms with Crippen molar-refractivity contribution in [3.8, 4) is 11.5 Å². The average molecular weight is 519 g/mol. The summed E-state index contributed by atoms with van der Waals surface area (Å²) in [5, 5.41) is 0.864. The third-order valence-electron chi connectivity index (χ3n) is 6.70. The molecule has 37 heavy (non-hydrogen) atoms. The maximum atomic E-state index is 13.9. The molecule has 0 aliphatic carbocycles. The summed E-state index contributed by atoms with van der Waals surface area (Å²) in [6.07, 6.45) is 3.39. The highest BCUT2D eigenvalue weighted by atomic mass is 35.5. The summed E-state index contributed by atoms with van der Waals surface area (Å²) in [5.41, 5.74) is 2.99. The number of unbranched alkanes of at least 4 members (excludes halogenated alkanes) is 1. The van der Waals surface area contributed by atoms with Gasteiger partial charge in [-0.15, -0.1) is 0 Å². The van der Waals surface area contributed by atoms with Crippen molar-refractivity contribution in [1.82, 2.24) is 4.98 Å². The van der Waals surface area contributed by atoms with Gasteiger partial charge in [-0.2, -0.15) is 0 Å².